The molecule has 0 radical (unpaired) electrons. The molecule has 0 aliphatic carbocycles. The number of nitrogen functional groups attached to an aromatic ring is 1. The van der Waals surface area contributed by atoms with Crippen LogP contribution in [0.2, 0.25) is 0 Å². The molecular formula is C15H15N5O7S2. The molecule has 12 nitrogen and oxygen atoms in total. The predicted molar refractivity (Wildman–Crippen MR) is 102 cm³/mol. The lowest BCUT2D eigenvalue weighted by Crippen LogP contribution is -2.10. The Balaban J connectivity index is 2.18. The minimum absolute atomic E-state index is 0.0218. The van der Waals surface area contributed by atoms with E-state index in [1.807, 2.05) is 0 Å². The van der Waals surface area contributed by atoms with Crippen LogP contribution in [0.5, 0.6) is 5.75 Å². The first-order valence-corrected chi connectivity index (χ1v) is 10.7. The van der Waals surface area contributed by atoms with E-state index in [2.05, 4.69) is 20.3 Å². The molecule has 1 heterocycles. The number of nitrogens with zero attached hydrogens (tertiary/aromatic N) is 3. The van der Waals surface area contributed by atoms with E-state index in [1.165, 1.54) is 0 Å². The Morgan fingerprint density at radius 1 is 0.966 bits per heavy atom. The largest absolute Gasteiger partial charge is 0.507 e. The van der Waals surface area contributed by atoms with Gasteiger partial charge in [-0.25, -0.2) is 4.98 Å². The second-order valence-corrected chi connectivity index (χ2v) is 8.82. The molecule has 29 heavy (non-hydrogen) atoms. The SMILES string of the molecule is Cc1nc(N)nc(CNc2cc(S(=O)(=O)O)cc3cc(S(=O)(=O)O)cc(O)c23)n1. The van der Waals surface area contributed by atoms with E-state index in [0.717, 1.165) is 24.3 Å². The van der Waals surface area contributed by atoms with Gasteiger partial charge in [0.2, 0.25) is 5.95 Å². The summed E-state index contributed by atoms with van der Waals surface area (Å²) in [6.07, 6.45) is 0. The Kier molecular flexibility index (Phi) is 5.04. The minimum Gasteiger partial charge on any atom is -0.507 e. The van der Waals surface area contributed by atoms with Crippen molar-refractivity contribution in [2.45, 2.75) is 23.3 Å². The van der Waals surface area contributed by atoms with Crippen molar-refractivity contribution < 1.29 is 31.0 Å². The van der Waals surface area contributed by atoms with E-state index in [9.17, 15) is 31.0 Å². The number of benzene rings is 2. The number of aromatic nitrogens is 3. The molecule has 1 aromatic heterocycles. The monoisotopic (exact) mass is 441 g/mol. The zero-order valence-electron chi connectivity index (χ0n) is 14.7. The average Bonchev–Trinajstić information content (AvgIpc) is 2.56. The van der Waals surface area contributed by atoms with Crippen LogP contribution in [-0.4, -0.2) is 46.0 Å². The normalized spacial score (nSPS) is 12.2. The second-order valence-electron chi connectivity index (χ2n) is 5.97. The highest BCUT2D eigenvalue weighted by Crippen LogP contribution is 2.36. The maximum atomic E-state index is 11.6. The number of phenolic OH excluding ortho intramolecular Hbond substituents is 1. The molecule has 2 aromatic carbocycles. The molecule has 0 aliphatic heterocycles. The number of rotatable bonds is 5. The number of aryl methyl sites for hydroxylation is 1. The molecule has 0 aliphatic rings. The Morgan fingerprint density at radius 2 is 1.55 bits per heavy atom. The van der Waals surface area contributed by atoms with Gasteiger partial charge in [0.25, 0.3) is 20.2 Å². The summed E-state index contributed by atoms with van der Waals surface area (Å²) in [6.45, 7) is 1.54. The van der Waals surface area contributed by atoms with Crippen molar-refractivity contribution in [2.75, 3.05) is 11.1 Å². The van der Waals surface area contributed by atoms with Crippen molar-refractivity contribution in [1.29, 1.82) is 0 Å². The fraction of sp³-hybridized carbons (Fsp3) is 0.133. The molecule has 14 heteroatoms. The summed E-state index contributed by atoms with van der Waals surface area (Å²) in [7, 11) is -9.35. The first-order valence-electron chi connectivity index (χ1n) is 7.81. The molecule has 0 atom stereocenters. The third kappa shape index (κ3) is 4.51. The van der Waals surface area contributed by atoms with Crippen molar-refractivity contribution >= 4 is 42.6 Å². The van der Waals surface area contributed by atoms with Crippen LogP contribution in [-0.2, 0) is 26.8 Å². The summed E-state index contributed by atoms with van der Waals surface area (Å²) in [5, 5.41) is 13.1. The standard InChI is InChI=1S/C15H15N5O7S2/c1-7-18-13(20-15(16)19-7)6-17-11-4-9(28(22,23)24)2-8-3-10(29(25,26)27)5-12(21)14(8)11/h2-5,17,21H,6H2,1H3,(H,22,23,24)(H,25,26,27)(H2,16,18,19,20). The minimum atomic E-state index is -4.68. The summed E-state index contributed by atoms with van der Waals surface area (Å²) >= 11 is 0. The summed E-state index contributed by atoms with van der Waals surface area (Å²) in [5.74, 6) is -0.00159. The van der Waals surface area contributed by atoms with Gasteiger partial charge in [-0.2, -0.15) is 26.8 Å². The smallest absolute Gasteiger partial charge is 0.294 e. The number of hydrogen-bond donors (Lipinski definition) is 5. The summed E-state index contributed by atoms with van der Waals surface area (Å²) in [4.78, 5) is 10.6. The lowest BCUT2D eigenvalue weighted by atomic mass is 10.1. The van der Waals surface area contributed by atoms with Crippen LogP contribution < -0.4 is 11.1 Å². The maximum Gasteiger partial charge on any atom is 0.294 e. The van der Waals surface area contributed by atoms with Gasteiger partial charge in [-0.05, 0) is 30.5 Å². The van der Waals surface area contributed by atoms with E-state index in [-0.39, 0.29) is 34.8 Å². The summed E-state index contributed by atoms with van der Waals surface area (Å²) in [6, 6.07) is 3.76. The molecule has 0 amide bonds. The zero-order valence-corrected chi connectivity index (χ0v) is 16.4. The highest BCUT2D eigenvalue weighted by molar-refractivity contribution is 7.86. The third-order valence-electron chi connectivity index (χ3n) is 3.82. The molecule has 0 bridgehead atoms. The van der Waals surface area contributed by atoms with Crippen molar-refractivity contribution in [3.8, 4) is 5.75 Å². The first-order chi connectivity index (χ1) is 13.3. The lowest BCUT2D eigenvalue weighted by Gasteiger charge is -2.13. The van der Waals surface area contributed by atoms with E-state index >= 15 is 0 Å². The fourth-order valence-corrected chi connectivity index (χ4v) is 3.77. The van der Waals surface area contributed by atoms with Crippen molar-refractivity contribution in [3.63, 3.8) is 0 Å². The molecule has 0 saturated heterocycles. The number of fused-ring (bicyclic) bond motifs is 1. The van der Waals surface area contributed by atoms with Gasteiger partial charge in [-0.1, -0.05) is 0 Å². The van der Waals surface area contributed by atoms with E-state index in [4.69, 9.17) is 5.73 Å². The molecule has 6 N–H and O–H groups in total. The van der Waals surface area contributed by atoms with Crippen LogP contribution in [0.3, 0.4) is 0 Å². The molecule has 0 fully saturated rings. The quantitative estimate of drug-likeness (QED) is 0.347. The van der Waals surface area contributed by atoms with Gasteiger partial charge < -0.3 is 16.2 Å². The van der Waals surface area contributed by atoms with Gasteiger partial charge in [0, 0.05) is 17.1 Å². The number of anilines is 2. The van der Waals surface area contributed by atoms with Crippen LogP contribution in [0.4, 0.5) is 11.6 Å². The Hall–Kier alpha value is -3.07. The molecule has 0 saturated carbocycles. The van der Waals surface area contributed by atoms with Gasteiger partial charge in [-0.15, -0.1) is 0 Å². The Morgan fingerprint density at radius 3 is 2.10 bits per heavy atom. The van der Waals surface area contributed by atoms with E-state index < -0.39 is 35.8 Å². The van der Waals surface area contributed by atoms with Gasteiger partial charge in [0.05, 0.1) is 16.3 Å². The van der Waals surface area contributed by atoms with Crippen molar-refractivity contribution in [2.24, 2.45) is 0 Å². The highest BCUT2D eigenvalue weighted by Gasteiger charge is 2.19. The van der Waals surface area contributed by atoms with Crippen molar-refractivity contribution in [3.05, 3.63) is 35.9 Å². The topological polar surface area (TPSA) is 206 Å². The third-order valence-corrected chi connectivity index (χ3v) is 5.48. The number of aromatic hydroxyl groups is 1. The Labute approximate surface area is 165 Å². The maximum absolute atomic E-state index is 11.6. The van der Waals surface area contributed by atoms with Gasteiger partial charge in [0.15, 0.2) is 5.82 Å². The van der Waals surface area contributed by atoms with Gasteiger partial charge in [0.1, 0.15) is 11.6 Å². The lowest BCUT2D eigenvalue weighted by molar-refractivity contribution is 0.471. The second kappa shape index (κ2) is 7.07. The number of hydrogen-bond acceptors (Lipinski definition) is 10. The van der Waals surface area contributed by atoms with Crippen molar-refractivity contribution in [1.82, 2.24) is 15.0 Å². The zero-order chi connectivity index (χ0) is 21.6. The average molecular weight is 441 g/mol. The van der Waals surface area contributed by atoms with Crippen LogP contribution in [0, 0.1) is 6.92 Å². The predicted octanol–water partition coefficient (Wildman–Crippen LogP) is 0.727. The van der Waals surface area contributed by atoms with Crippen LogP contribution in [0.25, 0.3) is 10.8 Å². The van der Waals surface area contributed by atoms with Gasteiger partial charge >= 0.3 is 0 Å². The molecular weight excluding hydrogens is 426 g/mol. The van der Waals surface area contributed by atoms with Crippen LogP contribution in [0.1, 0.15) is 11.6 Å². The van der Waals surface area contributed by atoms with E-state index in [1.54, 1.807) is 6.92 Å². The Bertz CT molecular complexity index is 1320. The van der Waals surface area contributed by atoms with Gasteiger partial charge in [-0.3, -0.25) is 9.11 Å². The first kappa shape index (κ1) is 20.7. The fourth-order valence-electron chi connectivity index (χ4n) is 2.69. The van der Waals surface area contributed by atoms with Crippen LogP contribution >= 0.6 is 0 Å². The summed E-state index contributed by atoms with van der Waals surface area (Å²) < 4.78 is 64.6. The molecule has 0 unspecified atom stereocenters. The number of phenols is 1. The highest BCUT2D eigenvalue weighted by atomic mass is 32.2. The number of nitrogens with one attached hydrogen (secondary N) is 1. The molecule has 0 spiro atoms. The van der Waals surface area contributed by atoms with Crippen LogP contribution in [0.15, 0.2) is 34.1 Å². The molecule has 154 valence electrons. The molecule has 3 aromatic rings. The molecule has 3 rings (SSSR count). The van der Waals surface area contributed by atoms with E-state index in [0.29, 0.717) is 5.82 Å². The number of nitrogens with two attached hydrogens (primary N) is 1. The summed E-state index contributed by atoms with van der Waals surface area (Å²) in [5.41, 5.74) is 5.59.